The molecule has 2 aromatic carbocycles. The number of amides is 1. The zero-order valence-electron chi connectivity index (χ0n) is 14.4. The summed E-state index contributed by atoms with van der Waals surface area (Å²) in [5.74, 6) is 0.322. The van der Waals surface area contributed by atoms with Crippen LogP contribution in [0.1, 0.15) is 22.3 Å². The summed E-state index contributed by atoms with van der Waals surface area (Å²) in [7, 11) is -0.997. The first-order valence-electron chi connectivity index (χ1n) is 8.26. The monoisotopic (exact) mass is 358 g/mol. The highest BCUT2D eigenvalue weighted by atomic mass is 32.2. The van der Waals surface area contributed by atoms with Crippen LogP contribution >= 0.6 is 0 Å². The highest BCUT2D eigenvalue weighted by Crippen LogP contribution is 2.24. The Morgan fingerprint density at radius 1 is 1.12 bits per heavy atom. The van der Waals surface area contributed by atoms with E-state index in [0.717, 1.165) is 11.3 Å². The summed E-state index contributed by atoms with van der Waals surface area (Å²) < 4.78 is 23.3. The van der Waals surface area contributed by atoms with E-state index in [1.165, 1.54) is 0 Å². The third-order valence-electron chi connectivity index (χ3n) is 4.68. The van der Waals surface area contributed by atoms with Gasteiger partial charge in [-0.3, -0.25) is 4.79 Å². The maximum absolute atomic E-state index is 12.3. The molecule has 1 aliphatic rings. The molecule has 5 nitrogen and oxygen atoms in total. The van der Waals surface area contributed by atoms with Gasteiger partial charge in [0.25, 0.3) is 5.91 Å². The lowest BCUT2D eigenvalue weighted by atomic mass is 10.1. The van der Waals surface area contributed by atoms with Crippen LogP contribution in [0.15, 0.2) is 48.5 Å². The van der Waals surface area contributed by atoms with Gasteiger partial charge in [0, 0.05) is 30.0 Å². The van der Waals surface area contributed by atoms with Crippen LogP contribution in [0.25, 0.3) is 0 Å². The van der Waals surface area contributed by atoms with Gasteiger partial charge in [-0.15, -0.1) is 0 Å². The molecule has 1 fully saturated rings. The fraction of sp³-hybridized carbons (Fsp3) is 0.316. The number of rotatable bonds is 4. The summed E-state index contributed by atoms with van der Waals surface area (Å²) in [6, 6.07) is 14.9. The molecule has 1 saturated heterocycles. The third-order valence-corrected chi connectivity index (χ3v) is 6.43. The van der Waals surface area contributed by atoms with Gasteiger partial charge >= 0.3 is 0 Å². The minimum Gasteiger partial charge on any atom is -0.371 e. The van der Waals surface area contributed by atoms with Crippen LogP contribution in [-0.2, 0) is 9.84 Å². The molecule has 2 aromatic rings. The molecule has 3 rings (SSSR count). The first kappa shape index (κ1) is 17.5. The number of nitrogens with zero attached hydrogens (tertiary/aromatic N) is 1. The minimum absolute atomic E-state index is 0.0115. The van der Waals surface area contributed by atoms with Crippen LogP contribution in [0.2, 0.25) is 0 Å². The predicted octanol–water partition coefficient (Wildman–Crippen LogP) is 2.87. The average Bonchev–Trinajstić information content (AvgIpc) is 2.95. The second-order valence-electron chi connectivity index (χ2n) is 6.48. The van der Waals surface area contributed by atoms with E-state index in [9.17, 15) is 13.2 Å². The minimum atomic E-state index is -2.91. The van der Waals surface area contributed by atoms with E-state index in [0.29, 0.717) is 17.7 Å². The fourth-order valence-electron chi connectivity index (χ4n) is 3.10. The Labute approximate surface area is 148 Å². The largest absolute Gasteiger partial charge is 0.371 e. The molecule has 1 amide bonds. The zero-order chi connectivity index (χ0) is 18.0. The number of aryl methyl sites for hydroxylation is 1. The van der Waals surface area contributed by atoms with Crippen molar-refractivity contribution < 1.29 is 13.2 Å². The summed E-state index contributed by atoms with van der Waals surface area (Å²) in [5, 5.41) is 2.89. The highest BCUT2D eigenvalue weighted by Gasteiger charge is 2.30. The van der Waals surface area contributed by atoms with E-state index in [-0.39, 0.29) is 23.5 Å². The molecule has 0 spiro atoms. The summed E-state index contributed by atoms with van der Waals surface area (Å²) in [5.41, 5.74) is 3.24. The van der Waals surface area contributed by atoms with Crippen molar-refractivity contribution >= 4 is 27.1 Å². The molecular formula is C19H22N2O3S. The summed E-state index contributed by atoms with van der Waals surface area (Å²) in [6.45, 7) is 1.91. The lowest BCUT2D eigenvalue weighted by Crippen LogP contribution is -2.32. The van der Waals surface area contributed by atoms with E-state index in [4.69, 9.17) is 0 Å². The number of anilines is 2. The Kier molecular flexibility index (Phi) is 4.81. The number of hydrogen-bond donors (Lipinski definition) is 1. The van der Waals surface area contributed by atoms with Crippen molar-refractivity contribution in [1.82, 2.24) is 0 Å². The normalized spacial score (nSPS) is 18.7. The lowest BCUT2D eigenvalue weighted by Gasteiger charge is -2.25. The highest BCUT2D eigenvalue weighted by molar-refractivity contribution is 7.91. The van der Waals surface area contributed by atoms with E-state index in [1.807, 2.05) is 61.3 Å². The molecule has 132 valence electrons. The van der Waals surface area contributed by atoms with E-state index in [2.05, 4.69) is 5.32 Å². The summed E-state index contributed by atoms with van der Waals surface area (Å²) >= 11 is 0. The Hall–Kier alpha value is -2.34. The van der Waals surface area contributed by atoms with E-state index >= 15 is 0 Å². The maximum Gasteiger partial charge on any atom is 0.255 e. The number of carbonyl (C=O) groups excluding carboxylic acids is 1. The van der Waals surface area contributed by atoms with Gasteiger partial charge in [0.1, 0.15) is 0 Å². The summed E-state index contributed by atoms with van der Waals surface area (Å²) in [6.07, 6.45) is 0.657. The Morgan fingerprint density at radius 3 is 2.40 bits per heavy atom. The molecule has 0 radical (unpaired) electrons. The first-order chi connectivity index (χ1) is 11.9. The van der Waals surface area contributed by atoms with Gasteiger partial charge in [-0.25, -0.2) is 8.42 Å². The fourth-order valence-corrected chi connectivity index (χ4v) is 4.87. The SMILES string of the molecule is Cc1ccccc1C(=O)Nc1ccc(N(C)C2CCS(=O)(=O)C2)cc1. The molecule has 0 aliphatic carbocycles. The molecule has 6 heteroatoms. The van der Waals surface area contributed by atoms with Gasteiger partial charge in [-0.2, -0.15) is 0 Å². The van der Waals surface area contributed by atoms with Crippen molar-refractivity contribution in [2.45, 2.75) is 19.4 Å². The molecule has 1 heterocycles. The molecule has 0 bridgehead atoms. The molecule has 25 heavy (non-hydrogen) atoms. The molecule has 1 atom stereocenters. The molecule has 0 saturated carbocycles. The molecule has 1 N–H and O–H groups in total. The standard InChI is InChI=1S/C19H22N2O3S/c1-14-5-3-4-6-18(14)19(22)20-15-7-9-16(10-8-15)21(2)17-11-12-25(23,24)13-17/h3-10,17H,11-13H2,1-2H3,(H,20,22). The van der Waals surface area contributed by atoms with Crippen molar-refractivity contribution in [3.63, 3.8) is 0 Å². The van der Waals surface area contributed by atoms with E-state index in [1.54, 1.807) is 6.07 Å². The number of nitrogens with one attached hydrogen (secondary N) is 1. The Bertz CT molecular complexity index is 876. The van der Waals surface area contributed by atoms with Crippen molar-refractivity contribution in [3.05, 3.63) is 59.7 Å². The van der Waals surface area contributed by atoms with Gasteiger partial charge < -0.3 is 10.2 Å². The van der Waals surface area contributed by atoms with E-state index < -0.39 is 9.84 Å². The topological polar surface area (TPSA) is 66.5 Å². The van der Waals surface area contributed by atoms with Crippen molar-refractivity contribution in [2.75, 3.05) is 28.8 Å². The number of benzene rings is 2. The lowest BCUT2D eigenvalue weighted by molar-refractivity contribution is 0.102. The second-order valence-corrected chi connectivity index (χ2v) is 8.71. The Morgan fingerprint density at radius 2 is 1.80 bits per heavy atom. The van der Waals surface area contributed by atoms with Crippen molar-refractivity contribution in [1.29, 1.82) is 0 Å². The smallest absolute Gasteiger partial charge is 0.255 e. The van der Waals surface area contributed by atoms with Gasteiger partial charge in [-0.1, -0.05) is 18.2 Å². The third kappa shape index (κ3) is 4.02. The van der Waals surface area contributed by atoms with Crippen LogP contribution in [0.5, 0.6) is 0 Å². The first-order valence-corrected chi connectivity index (χ1v) is 10.1. The van der Waals surface area contributed by atoms with Gasteiger partial charge in [-0.05, 0) is 49.2 Å². The molecule has 0 aromatic heterocycles. The molecular weight excluding hydrogens is 336 g/mol. The van der Waals surface area contributed by atoms with Gasteiger partial charge in [0.15, 0.2) is 9.84 Å². The average molecular weight is 358 g/mol. The number of hydrogen-bond acceptors (Lipinski definition) is 4. The van der Waals surface area contributed by atoms with Crippen molar-refractivity contribution in [3.8, 4) is 0 Å². The van der Waals surface area contributed by atoms with Gasteiger partial charge in [0.05, 0.1) is 11.5 Å². The zero-order valence-corrected chi connectivity index (χ0v) is 15.2. The molecule has 1 aliphatic heterocycles. The van der Waals surface area contributed by atoms with Crippen LogP contribution < -0.4 is 10.2 Å². The van der Waals surface area contributed by atoms with Gasteiger partial charge in [0.2, 0.25) is 0 Å². The summed E-state index contributed by atoms with van der Waals surface area (Å²) in [4.78, 5) is 14.3. The van der Waals surface area contributed by atoms with Crippen LogP contribution in [0.3, 0.4) is 0 Å². The second kappa shape index (κ2) is 6.88. The number of carbonyl (C=O) groups is 1. The quantitative estimate of drug-likeness (QED) is 0.913. The van der Waals surface area contributed by atoms with Crippen molar-refractivity contribution in [2.24, 2.45) is 0 Å². The van der Waals surface area contributed by atoms with Crippen LogP contribution in [0, 0.1) is 6.92 Å². The maximum atomic E-state index is 12.3. The Balaban J connectivity index is 1.68. The molecule has 1 unspecified atom stereocenters. The van der Waals surface area contributed by atoms with Crippen LogP contribution in [0.4, 0.5) is 11.4 Å². The predicted molar refractivity (Wildman–Crippen MR) is 101 cm³/mol. The van der Waals surface area contributed by atoms with Crippen LogP contribution in [-0.4, -0.2) is 38.9 Å². The number of sulfone groups is 1.